The van der Waals surface area contributed by atoms with Gasteiger partial charge in [-0.05, 0) is 36.8 Å². The van der Waals surface area contributed by atoms with Gasteiger partial charge in [-0.2, -0.15) is 0 Å². The molecule has 0 saturated carbocycles. The molecule has 0 atom stereocenters. The van der Waals surface area contributed by atoms with Crippen molar-refractivity contribution in [3.05, 3.63) is 66.2 Å². The quantitative estimate of drug-likeness (QED) is 0.456. The van der Waals surface area contributed by atoms with E-state index in [-0.39, 0.29) is 0 Å². The Balaban J connectivity index is 1.82. The minimum Gasteiger partial charge on any atom is -0.493 e. The predicted molar refractivity (Wildman–Crippen MR) is 111 cm³/mol. The second kappa shape index (κ2) is 8.22. The molecule has 0 aliphatic rings. The highest BCUT2D eigenvalue weighted by molar-refractivity contribution is 5.83. The van der Waals surface area contributed by atoms with Gasteiger partial charge in [0.2, 0.25) is 5.75 Å². The molecule has 0 N–H and O–H groups in total. The molecule has 4 aromatic rings. The number of aryl methyl sites for hydroxylation is 2. The van der Waals surface area contributed by atoms with Crippen LogP contribution in [0.5, 0.6) is 17.2 Å². The van der Waals surface area contributed by atoms with Crippen molar-refractivity contribution in [3.63, 3.8) is 0 Å². The summed E-state index contributed by atoms with van der Waals surface area (Å²) in [6.45, 7) is 0. The number of fused-ring (bicyclic) bond motifs is 1. The van der Waals surface area contributed by atoms with E-state index in [4.69, 9.17) is 28.6 Å². The lowest BCUT2D eigenvalue weighted by atomic mass is 10.1. The fourth-order valence-corrected chi connectivity index (χ4v) is 3.37. The molecule has 2 aromatic carbocycles. The molecule has 0 amide bonds. The van der Waals surface area contributed by atoms with Crippen LogP contribution in [0.2, 0.25) is 0 Å². The number of ether oxygens (including phenoxy) is 3. The molecule has 0 aliphatic carbocycles. The van der Waals surface area contributed by atoms with Crippen molar-refractivity contribution in [2.75, 3.05) is 21.3 Å². The molecule has 2 heterocycles. The Bertz CT molecular complexity index is 1100. The Morgan fingerprint density at radius 3 is 2.24 bits per heavy atom. The first kappa shape index (κ1) is 18.8. The summed E-state index contributed by atoms with van der Waals surface area (Å²) in [4.78, 5) is 9.64. The molecular weight excluding hydrogens is 368 g/mol. The fraction of sp³-hybridized carbons (Fsp3) is 0.217. The van der Waals surface area contributed by atoms with Crippen LogP contribution >= 0.6 is 0 Å². The van der Waals surface area contributed by atoms with Crippen molar-refractivity contribution in [1.29, 1.82) is 0 Å². The molecule has 0 saturated heterocycles. The molecule has 2 aromatic heterocycles. The van der Waals surface area contributed by atoms with Gasteiger partial charge in [-0.3, -0.25) is 0 Å². The third-order valence-electron chi connectivity index (χ3n) is 4.79. The van der Waals surface area contributed by atoms with E-state index in [0.717, 1.165) is 40.8 Å². The van der Waals surface area contributed by atoms with E-state index < -0.39 is 0 Å². The topological polar surface area (TPSA) is 66.6 Å². The van der Waals surface area contributed by atoms with Gasteiger partial charge in [0, 0.05) is 17.4 Å². The molecule has 148 valence electrons. The van der Waals surface area contributed by atoms with Crippen LogP contribution < -0.4 is 14.2 Å². The Morgan fingerprint density at radius 2 is 1.59 bits per heavy atom. The molecule has 0 aliphatic heterocycles. The van der Waals surface area contributed by atoms with Crippen LogP contribution in [0.4, 0.5) is 0 Å². The number of rotatable bonds is 7. The van der Waals surface area contributed by atoms with Crippen molar-refractivity contribution in [1.82, 2.24) is 9.97 Å². The van der Waals surface area contributed by atoms with Crippen LogP contribution in [0.25, 0.3) is 22.3 Å². The van der Waals surface area contributed by atoms with Crippen molar-refractivity contribution in [2.45, 2.75) is 12.8 Å². The predicted octanol–water partition coefficient (Wildman–Crippen LogP) is 4.70. The first-order valence-corrected chi connectivity index (χ1v) is 9.32. The largest absolute Gasteiger partial charge is 0.493 e. The zero-order chi connectivity index (χ0) is 20.2. The molecule has 0 fully saturated rings. The van der Waals surface area contributed by atoms with Crippen LogP contribution in [-0.4, -0.2) is 31.3 Å². The van der Waals surface area contributed by atoms with Crippen molar-refractivity contribution >= 4 is 10.9 Å². The maximum atomic E-state index is 5.48. The van der Waals surface area contributed by atoms with E-state index in [2.05, 4.69) is 0 Å². The van der Waals surface area contributed by atoms with E-state index in [1.54, 1.807) is 27.6 Å². The monoisotopic (exact) mass is 390 g/mol. The van der Waals surface area contributed by atoms with Crippen molar-refractivity contribution in [3.8, 4) is 28.6 Å². The Labute approximate surface area is 169 Å². The lowest BCUT2D eigenvalue weighted by molar-refractivity contribution is 0.324. The van der Waals surface area contributed by atoms with E-state index >= 15 is 0 Å². The smallest absolute Gasteiger partial charge is 0.203 e. The summed E-state index contributed by atoms with van der Waals surface area (Å²) in [5, 5.41) is 1.04. The zero-order valence-corrected chi connectivity index (χ0v) is 16.6. The van der Waals surface area contributed by atoms with Gasteiger partial charge in [-0.25, -0.2) is 9.97 Å². The molecule has 0 radical (unpaired) electrons. The van der Waals surface area contributed by atoms with Crippen molar-refractivity contribution in [2.24, 2.45) is 0 Å². The third kappa shape index (κ3) is 3.74. The average molecular weight is 390 g/mol. The number of methoxy groups -OCH3 is 3. The van der Waals surface area contributed by atoms with E-state index in [1.165, 1.54) is 0 Å². The van der Waals surface area contributed by atoms with Gasteiger partial charge in [0.05, 0.1) is 38.8 Å². The van der Waals surface area contributed by atoms with E-state index in [0.29, 0.717) is 23.1 Å². The summed E-state index contributed by atoms with van der Waals surface area (Å²) in [5.41, 5.74) is 2.65. The Hall–Kier alpha value is -3.54. The van der Waals surface area contributed by atoms with Gasteiger partial charge in [-0.15, -0.1) is 0 Å². The van der Waals surface area contributed by atoms with Crippen LogP contribution in [0, 0.1) is 0 Å². The van der Waals surface area contributed by atoms with Gasteiger partial charge in [0.1, 0.15) is 5.76 Å². The van der Waals surface area contributed by atoms with Crippen molar-refractivity contribution < 1.29 is 18.6 Å². The molecule has 0 spiro atoms. The molecule has 6 heteroatoms. The highest BCUT2D eigenvalue weighted by Crippen LogP contribution is 2.40. The molecule has 4 rings (SSSR count). The minimum atomic E-state index is 0.539. The molecule has 0 bridgehead atoms. The van der Waals surface area contributed by atoms with Crippen LogP contribution in [0.3, 0.4) is 0 Å². The van der Waals surface area contributed by atoms with Crippen LogP contribution in [-0.2, 0) is 12.8 Å². The third-order valence-corrected chi connectivity index (χ3v) is 4.79. The van der Waals surface area contributed by atoms with Gasteiger partial charge in [0.15, 0.2) is 17.3 Å². The highest BCUT2D eigenvalue weighted by atomic mass is 16.5. The van der Waals surface area contributed by atoms with E-state index in [9.17, 15) is 0 Å². The summed E-state index contributed by atoms with van der Waals surface area (Å²) in [5.74, 6) is 3.21. The van der Waals surface area contributed by atoms with Crippen LogP contribution in [0.15, 0.2) is 59.2 Å². The standard InChI is InChI=1S/C23H22N2O4/c1-26-20-13-15(14-21(27-2)22(20)28-3)23-24-18-9-5-4-8-17(18)19(25-23)11-10-16-7-6-12-29-16/h4-9,12-14H,10-11H2,1-3H3. The number of hydrogen-bond acceptors (Lipinski definition) is 6. The van der Waals surface area contributed by atoms with Crippen LogP contribution in [0.1, 0.15) is 11.5 Å². The number of furan rings is 1. The molecule has 29 heavy (non-hydrogen) atoms. The number of hydrogen-bond donors (Lipinski definition) is 0. The van der Waals surface area contributed by atoms with Gasteiger partial charge in [0.25, 0.3) is 0 Å². The number of benzene rings is 2. The SMILES string of the molecule is COc1cc(-c2nc(CCc3ccco3)c3ccccc3n2)cc(OC)c1OC. The molecular formula is C23H22N2O4. The lowest BCUT2D eigenvalue weighted by Crippen LogP contribution is -2.01. The maximum Gasteiger partial charge on any atom is 0.203 e. The Morgan fingerprint density at radius 1 is 0.828 bits per heavy atom. The minimum absolute atomic E-state index is 0.539. The Kier molecular flexibility index (Phi) is 5.33. The maximum absolute atomic E-state index is 5.48. The normalized spacial score (nSPS) is 10.9. The van der Waals surface area contributed by atoms with E-state index in [1.807, 2.05) is 48.5 Å². The molecule has 6 nitrogen and oxygen atoms in total. The first-order chi connectivity index (χ1) is 14.2. The van der Waals surface area contributed by atoms with Gasteiger partial charge >= 0.3 is 0 Å². The highest BCUT2D eigenvalue weighted by Gasteiger charge is 2.17. The number of aromatic nitrogens is 2. The lowest BCUT2D eigenvalue weighted by Gasteiger charge is -2.14. The first-order valence-electron chi connectivity index (χ1n) is 9.32. The summed E-state index contributed by atoms with van der Waals surface area (Å²) < 4.78 is 21.9. The second-order valence-corrected chi connectivity index (χ2v) is 6.50. The van der Waals surface area contributed by atoms with Gasteiger partial charge < -0.3 is 18.6 Å². The molecule has 0 unspecified atom stereocenters. The number of para-hydroxylation sites is 1. The van der Waals surface area contributed by atoms with Gasteiger partial charge in [-0.1, -0.05) is 18.2 Å². The summed E-state index contributed by atoms with van der Waals surface area (Å²) >= 11 is 0. The fourth-order valence-electron chi connectivity index (χ4n) is 3.37. The summed E-state index contributed by atoms with van der Waals surface area (Å²) in [6.07, 6.45) is 3.20. The zero-order valence-electron chi connectivity index (χ0n) is 16.6. The number of nitrogens with zero attached hydrogens (tertiary/aromatic N) is 2. The average Bonchev–Trinajstić information content (AvgIpc) is 3.29. The summed E-state index contributed by atoms with van der Waals surface area (Å²) in [6, 6.07) is 15.6. The second-order valence-electron chi connectivity index (χ2n) is 6.50. The summed E-state index contributed by atoms with van der Waals surface area (Å²) in [7, 11) is 4.77.